The molecule has 0 radical (unpaired) electrons. The SMILES string of the molecule is COC(C)(C)CCCC(C)=CCOc1ccc([N+](=O)[O-])cc1. The molecule has 0 heterocycles. The van der Waals surface area contributed by atoms with Gasteiger partial charge in [-0.3, -0.25) is 10.1 Å². The van der Waals surface area contributed by atoms with E-state index in [2.05, 4.69) is 20.8 Å². The Balaban J connectivity index is 2.33. The normalized spacial score (nSPS) is 12.3. The maximum absolute atomic E-state index is 10.6. The molecule has 1 aromatic rings. The summed E-state index contributed by atoms with van der Waals surface area (Å²) in [6.45, 7) is 6.73. The Morgan fingerprint density at radius 3 is 2.50 bits per heavy atom. The Bertz CT molecular complexity index is 506. The van der Waals surface area contributed by atoms with Crippen molar-refractivity contribution in [1.29, 1.82) is 0 Å². The first kappa shape index (κ1) is 18.2. The Hall–Kier alpha value is -1.88. The molecule has 0 N–H and O–H groups in total. The molecule has 0 fully saturated rings. The van der Waals surface area contributed by atoms with Gasteiger partial charge in [0.15, 0.2) is 0 Å². The number of hydrogen-bond donors (Lipinski definition) is 0. The van der Waals surface area contributed by atoms with Crippen LogP contribution in [0.1, 0.15) is 40.0 Å². The molecule has 0 amide bonds. The van der Waals surface area contributed by atoms with E-state index in [-0.39, 0.29) is 11.3 Å². The average Bonchev–Trinajstić information content (AvgIpc) is 2.47. The molecule has 1 aromatic carbocycles. The van der Waals surface area contributed by atoms with E-state index in [1.807, 2.05) is 6.08 Å². The van der Waals surface area contributed by atoms with Crippen molar-refractivity contribution in [2.24, 2.45) is 0 Å². The van der Waals surface area contributed by atoms with Crippen LogP contribution in [-0.4, -0.2) is 24.2 Å². The average molecular weight is 307 g/mol. The number of allylic oxidation sites excluding steroid dienone is 1. The maximum atomic E-state index is 10.6. The first-order valence-corrected chi connectivity index (χ1v) is 7.42. The summed E-state index contributed by atoms with van der Waals surface area (Å²) in [5.74, 6) is 0.634. The minimum atomic E-state index is -0.421. The number of hydrogen-bond acceptors (Lipinski definition) is 4. The summed E-state index contributed by atoms with van der Waals surface area (Å²) in [7, 11) is 1.74. The van der Waals surface area contributed by atoms with Gasteiger partial charge in [0.25, 0.3) is 5.69 Å². The van der Waals surface area contributed by atoms with Gasteiger partial charge in [0.2, 0.25) is 0 Å². The fourth-order valence-corrected chi connectivity index (χ4v) is 1.94. The summed E-state index contributed by atoms with van der Waals surface area (Å²) < 4.78 is 10.9. The zero-order chi connectivity index (χ0) is 16.6. The van der Waals surface area contributed by atoms with Crippen molar-refractivity contribution in [2.45, 2.75) is 45.6 Å². The van der Waals surface area contributed by atoms with Gasteiger partial charge in [0.05, 0.1) is 10.5 Å². The first-order chi connectivity index (χ1) is 10.3. The van der Waals surface area contributed by atoms with Crippen molar-refractivity contribution in [3.63, 3.8) is 0 Å². The number of ether oxygens (including phenoxy) is 2. The summed E-state index contributed by atoms with van der Waals surface area (Å²) in [6, 6.07) is 6.11. The third kappa shape index (κ3) is 6.72. The highest BCUT2D eigenvalue weighted by molar-refractivity contribution is 5.36. The molecule has 5 nitrogen and oxygen atoms in total. The number of nitrogens with zero attached hydrogens (tertiary/aromatic N) is 1. The summed E-state index contributed by atoms with van der Waals surface area (Å²) >= 11 is 0. The van der Waals surface area contributed by atoms with Crippen molar-refractivity contribution in [3.8, 4) is 5.75 Å². The molecule has 0 saturated heterocycles. The second-order valence-corrected chi connectivity index (χ2v) is 5.93. The van der Waals surface area contributed by atoms with Crippen LogP contribution in [0.3, 0.4) is 0 Å². The standard InChI is InChI=1S/C17H25NO4/c1-14(6-5-12-17(2,3)21-4)11-13-22-16-9-7-15(8-10-16)18(19)20/h7-11H,5-6,12-13H2,1-4H3. The van der Waals surface area contributed by atoms with Gasteiger partial charge in [-0.25, -0.2) is 0 Å². The van der Waals surface area contributed by atoms with E-state index >= 15 is 0 Å². The Morgan fingerprint density at radius 1 is 1.32 bits per heavy atom. The lowest BCUT2D eigenvalue weighted by Gasteiger charge is -2.22. The van der Waals surface area contributed by atoms with Gasteiger partial charge in [-0.1, -0.05) is 5.57 Å². The van der Waals surface area contributed by atoms with Gasteiger partial charge in [0, 0.05) is 19.2 Å². The highest BCUT2D eigenvalue weighted by Gasteiger charge is 2.15. The second-order valence-electron chi connectivity index (χ2n) is 5.93. The molecule has 0 spiro atoms. The topological polar surface area (TPSA) is 61.6 Å². The zero-order valence-electron chi connectivity index (χ0n) is 13.8. The molecule has 0 unspecified atom stereocenters. The minimum Gasteiger partial charge on any atom is -0.490 e. The second kappa shape index (κ2) is 8.54. The van der Waals surface area contributed by atoms with Gasteiger partial charge in [-0.15, -0.1) is 0 Å². The zero-order valence-corrected chi connectivity index (χ0v) is 13.8. The van der Waals surface area contributed by atoms with Crippen LogP contribution < -0.4 is 4.74 Å². The molecule has 0 aliphatic carbocycles. The van der Waals surface area contributed by atoms with Crippen LogP contribution >= 0.6 is 0 Å². The van der Waals surface area contributed by atoms with E-state index in [1.54, 1.807) is 19.2 Å². The summed E-state index contributed by atoms with van der Waals surface area (Å²) in [4.78, 5) is 10.1. The van der Waals surface area contributed by atoms with Crippen LogP contribution in [0.15, 0.2) is 35.9 Å². The molecular weight excluding hydrogens is 282 g/mol. The molecule has 0 bridgehead atoms. The fraction of sp³-hybridized carbons (Fsp3) is 0.529. The van der Waals surface area contributed by atoms with E-state index in [9.17, 15) is 10.1 Å². The van der Waals surface area contributed by atoms with Crippen molar-refractivity contribution in [1.82, 2.24) is 0 Å². The lowest BCUT2D eigenvalue weighted by atomic mass is 9.99. The van der Waals surface area contributed by atoms with E-state index in [0.29, 0.717) is 12.4 Å². The van der Waals surface area contributed by atoms with Crippen LogP contribution in [0.2, 0.25) is 0 Å². The summed E-state index contributed by atoms with van der Waals surface area (Å²) in [5.41, 5.74) is 1.27. The van der Waals surface area contributed by atoms with Crippen LogP contribution in [0, 0.1) is 10.1 Å². The van der Waals surface area contributed by atoms with E-state index < -0.39 is 4.92 Å². The van der Waals surface area contributed by atoms with Gasteiger partial charge >= 0.3 is 0 Å². The van der Waals surface area contributed by atoms with Crippen LogP contribution in [-0.2, 0) is 4.74 Å². The quantitative estimate of drug-likeness (QED) is 0.382. The third-order valence-electron chi connectivity index (χ3n) is 3.63. The lowest BCUT2D eigenvalue weighted by Crippen LogP contribution is -2.21. The third-order valence-corrected chi connectivity index (χ3v) is 3.63. The summed E-state index contributed by atoms with van der Waals surface area (Å²) in [6.07, 6.45) is 5.14. The lowest BCUT2D eigenvalue weighted by molar-refractivity contribution is -0.384. The molecule has 0 aliphatic rings. The monoisotopic (exact) mass is 307 g/mol. The predicted octanol–water partition coefficient (Wildman–Crippen LogP) is 4.52. The fourth-order valence-electron chi connectivity index (χ4n) is 1.94. The predicted molar refractivity (Wildman–Crippen MR) is 87.3 cm³/mol. The Morgan fingerprint density at radius 2 is 1.95 bits per heavy atom. The smallest absolute Gasteiger partial charge is 0.269 e. The Labute approximate surface area is 132 Å². The van der Waals surface area contributed by atoms with Crippen LogP contribution in [0.4, 0.5) is 5.69 Å². The maximum Gasteiger partial charge on any atom is 0.269 e. The summed E-state index contributed by atoms with van der Waals surface area (Å²) in [5, 5.41) is 10.6. The molecule has 0 atom stereocenters. The minimum absolute atomic E-state index is 0.0693. The van der Waals surface area contributed by atoms with Crippen LogP contribution in [0.25, 0.3) is 0 Å². The molecule has 5 heteroatoms. The highest BCUT2D eigenvalue weighted by atomic mass is 16.6. The number of methoxy groups -OCH3 is 1. The van der Waals surface area contributed by atoms with Gasteiger partial charge in [-0.05, 0) is 58.2 Å². The molecule has 0 aromatic heterocycles. The number of rotatable bonds is 9. The van der Waals surface area contributed by atoms with Gasteiger partial charge in [-0.2, -0.15) is 0 Å². The van der Waals surface area contributed by atoms with Crippen molar-refractivity contribution in [3.05, 3.63) is 46.0 Å². The molecule has 0 aliphatic heterocycles. The van der Waals surface area contributed by atoms with E-state index in [1.165, 1.54) is 17.7 Å². The number of benzene rings is 1. The molecule has 22 heavy (non-hydrogen) atoms. The highest BCUT2D eigenvalue weighted by Crippen LogP contribution is 2.19. The van der Waals surface area contributed by atoms with Gasteiger partial charge in [0.1, 0.15) is 12.4 Å². The number of non-ortho nitro benzene ring substituents is 1. The largest absolute Gasteiger partial charge is 0.490 e. The Kier molecular flexibility index (Phi) is 7.05. The number of nitro benzene ring substituents is 1. The van der Waals surface area contributed by atoms with Crippen molar-refractivity contribution in [2.75, 3.05) is 13.7 Å². The van der Waals surface area contributed by atoms with Crippen molar-refractivity contribution < 1.29 is 14.4 Å². The van der Waals surface area contributed by atoms with E-state index in [4.69, 9.17) is 9.47 Å². The van der Waals surface area contributed by atoms with Gasteiger partial charge < -0.3 is 9.47 Å². The molecular formula is C17H25NO4. The first-order valence-electron chi connectivity index (χ1n) is 7.42. The van der Waals surface area contributed by atoms with Crippen LogP contribution in [0.5, 0.6) is 5.75 Å². The molecule has 0 saturated carbocycles. The van der Waals surface area contributed by atoms with Crippen molar-refractivity contribution >= 4 is 5.69 Å². The molecule has 122 valence electrons. The number of nitro groups is 1. The molecule has 1 rings (SSSR count). The van der Waals surface area contributed by atoms with E-state index in [0.717, 1.165) is 19.3 Å².